The van der Waals surface area contributed by atoms with Gasteiger partial charge in [0.2, 0.25) is 5.75 Å². The third-order valence-corrected chi connectivity index (χ3v) is 4.81. The molecule has 0 radical (unpaired) electrons. The van der Waals surface area contributed by atoms with Crippen LogP contribution >= 0.6 is 0 Å². The second-order valence-electron chi connectivity index (χ2n) is 6.44. The molecule has 28 heavy (non-hydrogen) atoms. The third kappa shape index (κ3) is 2.83. The summed E-state index contributed by atoms with van der Waals surface area (Å²) >= 11 is 0. The van der Waals surface area contributed by atoms with Crippen LogP contribution in [-0.4, -0.2) is 23.9 Å². The number of nitrogens with zero attached hydrogens (tertiary/aromatic N) is 1. The number of ether oxygens (including phenoxy) is 2. The fraction of sp³-hybridized carbons (Fsp3) is 0.136. The molecule has 1 heterocycles. The number of aromatic hydroxyl groups is 1. The van der Waals surface area contributed by atoms with Crippen LogP contribution in [0.4, 0.5) is 4.39 Å². The van der Waals surface area contributed by atoms with Crippen molar-refractivity contribution in [2.24, 2.45) is 0 Å². The number of para-hydroxylation sites is 1. The molecule has 0 atom stereocenters. The van der Waals surface area contributed by atoms with E-state index >= 15 is 0 Å². The summed E-state index contributed by atoms with van der Waals surface area (Å²) in [5.74, 6) is 0.0385. The topological polar surface area (TPSA) is 60.7 Å². The Labute approximate surface area is 160 Å². The van der Waals surface area contributed by atoms with Crippen LogP contribution in [0.2, 0.25) is 0 Å². The molecule has 0 aliphatic carbocycles. The van der Waals surface area contributed by atoms with Crippen LogP contribution < -0.4 is 14.9 Å². The van der Waals surface area contributed by atoms with Crippen molar-refractivity contribution in [3.05, 3.63) is 76.2 Å². The van der Waals surface area contributed by atoms with Gasteiger partial charge in [0.15, 0.2) is 16.9 Å². The molecule has 0 fully saturated rings. The lowest BCUT2D eigenvalue weighted by Crippen LogP contribution is -2.12. The van der Waals surface area contributed by atoms with E-state index in [1.165, 1.54) is 32.4 Å². The highest BCUT2D eigenvalue weighted by Gasteiger charge is 2.15. The number of fused-ring (bicyclic) bond motifs is 2. The van der Waals surface area contributed by atoms with Gasteiger partial charge in [0.05, 0.1) is 25.3 Å². The Morgan fingerprint density at radius 1 is 0.929 bits per heavy atom. The molecule has 6 heteroatoms. The predicted molar refractivity (Wildman–Crippen MR) is 106 cm³/mol. The molecule has 1 aromatic heterocycles. The number of halogens is 1. The maximum absolute atomic E-state index is 14.0. The molecule has 4 rings (SSSR count). The minimum absolute atomic E-state index is 0.0885. The molecular weight excluding hydrogens is 361 g/mol. The maximum atomic E-state index is 14.0. The van der Waals surface area contributed by atoms with Crippen LogP contribution in [0.5, 0.6) is 17.2 Å². The number of methoxy groups -OCH3 is 2. The molecule has 0 aliphatic rings. The molecule has 0 bridgehead atoms. The van der Waals surface area contributed by atoms with Gasteiger partial charge in [-0.25, -0.2) is 4.39 Å². The molecule has 0 aliphatic heterocycles. The average molecular weight is 379 g/mol. The number of hydrogen-bond acceptors (Lipinski definition) is 4. The average Bonchev–Trinajstić information content (AvgIpc) is 2.71. The number of rotatable bonds is 4. The first-order chi connectivity index (χ1) is 13.5. The van der Waals surface area contributed by atoms with Crippen LogP contribution in [-0.2, 0) is 6.54 Å². The first-order valence-corrected chi connectivity index (χ1v) is 8.68. The SMILES string of the molecule is COc1cc(Cn2c3ccccc3c(=O)c3ccc(F)cc32)cc(OC)c1O. The highest BCUT2D eigenvalue weighted by atomic mass is 19.1. The van der Waals surface area contributed by atoms with Gasteiger partial charge >= 0.3 is 0 Å². The summed E-state index contributed by atoms with van der Waals surface area (Å²) in [6, 6.07) is 14.8. The van der Waals surface area contributed by atoms with Gasteiger partial charge in [-0.3, -0.25) is 4.79 Å². The van der Waals surface area contributed by atoms with E-state index in [1.807, 2.05) is 16.7 Å². The largest absolute Gasteiger partial charge is 0.502 e. The Morgan fingerprint density at radius 2 is 1.57 bits per heavy atom. The van der Waals surface area contributed by atoms with E-state index in [1.54, 1.807) is 24.3 Å². The number of pyridine rings is 1. The van der Waals surface area contributed by atoms with Gasteiger partial charge < -0.3 is 19.1 Å². The van der Waals surface area contributed by atoms with Crippen LogP contribution in [0.15, 0.2) is 59.4 Å². The smallest absolute Gasteiger partial charge is 0.200 e. The van der Waals surface area contributed by atoms with E-state index in [0.29, 0.717) is 28.4 Å². The maximum Gasteiger partial charge on any atom is 0.200 e. The van der Waals surface area contributed by atoms with Gasteiger partial charge in [-0.05, 0) is 48.0 Å². The number of phenolic OH excluding ortho intramolecular Hbond substituents is 1. The summed E-state index contributed by atoms with van der Waals surface area (Å²) in [5.41, 5.74) is 1.82. The molecule has 1 N–H and O–H groups in total. The van der Waals surface area contributed by atoms with Gasteiger partial charge in [-0.2, -0.15) is 0 Å². The second kappa shape index (κ2) is 6.88. The molecule has 4 aromatic rings. The van der Waals surface area contributed by atoms with Crippen LogP contribution in [0, 0.1) is 5.82 Å². The summed E-state index contributed by atoms with van der Waals surface area (Å²) in [6.45, 7) is 0.327. The Bertz CT molecular complexity index is 1240. The van der Waals surface area contributed by atoms with Crippen molar-refractivity contribution < 1.29 is 19.0 Å². The number of aromatic nitrogens is 1. The number of benzene rings is 3. The summed E-state index contributed by atoms with van der Waals surface area (Å²) in [5, 5.41) is 11.1. The highest BCUT2D eigenvalue weighted by Crippen LogP contribution is 2.37. The summed E-state index contributed by atoms with van der Waals surface area (Å²) in [7, 11) is 2.91. The molecule has 3 aromatic carbocycles. The highest BCUT2D eigenvalue weighted by molar-refractivity contribution is 5.93. The van der Waals surface area contributed by atoms with Crippen molar-refractivity contribution in [1.82, 2.24) is 4.57 Å². The van der Waals surface area contributed by atoms with Crippen LogP contribution in [0.3, 0.4) is 0 Å². The van der Waals surface area contributed by atoms with E-state index in [4.69, 9.17) is 9.47 Å². The van der Waals surface area contributed by atoms with Gasteiger partial charge in [-0.15, -0.1) is 0 Å². The normalized spacial score (nSPS) is 11.1. The second-order valence-corrected chi connectivity index (χ2v) is 6.44. The zero-order valence-electron chi connectivity index (χ0n) is 15.4. The summed E-state index contributed by atoms with van der Waals surface area (Å²) < 4.78 is 26.3. The minimum Gasteiger partial charge on any atom is -0.502 e. The van der Waals surface area contributed by atoms with Crippen LogP contribution in [0.1, 0.15) is 5.56 Å². The first kappa shape index (κ1) is 17.9. The molecule has 0 unspecified atom stereocenters. The van der Waals surface area contributed by atoms with Crippen molar-refractivity contribution in [1.29, 1.82) is 0 Å². The lowest BCUT2D eigenvalue weighted by Gasteiger charge is -2.17. The Balaban J connectivity index is 2.02. The van der Waals surface area contributed by atoms with Gasteiger partial charge in [0, 0.05) is 17.3 Å². The monoisotopic (exact) mass is 379 g/mol. The van der Waals surface area contributed by atoms with Crippen molar-refractivity contribution in [2.75, 3.05) is 14.2 Å². The Morgan fingerprint density at radius 3 is 2.25 bits per heavy atom. The van der Waals surface area contributed by atoms with Crippen molar-refractivity contribution in [3.8, 4) is 17.2 Å². The Hall–Kier alpha value is -3.54. The number of hydrogen-bond donors (Lipinski definition) is 1. The van der Waals surface area contributed by atoms with Gasteiger partial charge in [0.25, 0.3) is 0 Å². The van der Waals surface area contributed by atoms with E-state index in [0.717, 1.165) is 5.56 Å². The first-order valence-electron chi connectivity index (χ1n) is 8.68. The fourth-order valence-corrected chi connectivity index (χ4v) is 3.49. The molecule has 0 saturated heterocycles. The van der Waals surface area contributed by atoms with E-state index in [-0.39, 0.29) is 22.7 Å². The third-order valence-electron chi connectivity index (χ3n) is 4.81. The lowest BCUT2D eigenvalue weighted by molar-refractivity contribution is 0.339. The molecular formula is C22H18FNO4. The van der Waals surface area contributed by atoms with Gasteiger partial charge in [0.1, 0.15) is 5.82 Å². The van der Waals surface area contributed by atoms with Crippen LogP contribution in [0.25, 0.3) is 21.8 Å². The lowest BCUT2D eigenvalue weighted by atomic mass is 10.1. The van der Waals surface area contributed by atoms with E-state index < -0.39 is 5.82 Å². The molecule has 0 spiro atoms. The molecule has 142 valence electrons. The Kier molecular flexibility index (Phi) is 4.39. The quantitative estimate of drug-likeness (QED) is 0.543. The predicted octanol–water partition coefficient (Wildman–Crippen LogP) is 4.06. The van der Waals surface area contributed by atoms with Crippen molar-refractivity contribution in [3.63, 3.8) is 0 Å². The summed E-state index contributed by atoms with van der Waals surface area (Å²) in [6.07, 6.45) is 0. The van der Waals surface area contributed by atoms with Crippen molar-refractivity contribution >= 4 is 21.8 Å². The van der Waals surface area contributed by atoms with Crippen molar-refractivity contribution in [2.45, 2.75) is 6.54 Å². The fourth-order valence-electron chi connectivity index (χ4n) is 3.49. The van der Waals surface area contributed by atoms with E-state index in [9.17, 15) is 14.3 Å². The van der Waals surface area contributed by atoms with Gasteiger partial charge in [-0.1, -0.05) is 12.1 Å². The zero-order chi connectivity index (χ0) is 19.8. The minimum atomic E-state index is -0.420. The molecule has 0 amide bonds. The van der Waals surface area contributed by atoms with E-state index in [2.05, 4.69) is 0 Å². The summed E-state index contributed by atoms with van der Waals surface area (Å²) in [4.78, 5) is 12.8. The molecule has 0 saturated carbocycles. The number of phenols is 1. The standard InChI is InChI=1S/C22H18FNO4/c1-27-19-9-13(10-20(28-2)22(19)26)12-24-17-6-4-3-5-15(17)21(25)16-8-7-14(23)11-18(16)24/h3-11,26H,12H2,1-2H3. The molecule has 5 nitrogen and oxygen atoms in total. The zero-order valence-corrected chi connectivity index (χ0v) is 15.4.